The van der Waals surface area contributed by atoms with Gasteiger partial charge in [-0.2, -0.15) is 0 Å². The van der Waals surface area contributed by atoms with E-state index in [2.05, 4.69) is 5.32 Å². The van der Waals surface area contributed by atoms with Gasteiger partial charge in [0.2, 0.25) is 5.91 Å². The molecule has 0 saturated carbocycles. The van der Waals surface area contributed by atoms with Crippen molar-refractivity contribution in [2.75, 3.05) is 43.5 Å². The Labute approximate surface area is 217 Å². The minimum Gasteiger partial charge on any atom is -0.497 e. The van der Waals surface area contributed by atoms with Gasteiger partial charge in [-0.3, -0.25) is 13.9 Å². The van der Waals surface area contributed by atoms with Crippen LogP contribution in [0.3, 0.4) is 0 Å². The van der Waals surface area contributed by atoms with E-state index in [1.807, 2.05) is 13.8 Å². The molecule has 37 heavy (non-hydrogen) atoms. The number of anilines is 2. The molecule has 0 bridgehead atoms. The van der Waals surface area contributed by atoms with Crippen LogP contribution in [0.2, 0.25) is 0 Å². The summed E-state index contributed by atoms with van der Waals surface area (Å²) in [5.74, 6) is -0.0735. The van der Waals surface area contributed by atoms with Gasteiger partial charge in [-0.25, -0.2) is 8.42 Å². The van der Waals surface area contributed by atoms with Gasteiger partial charge in [-0.1, -0.05) is 24.3 Å². The maximum absolute atomic E-state index is 13.7. The molecule has 0 spiro atoms. The van der Waals surface area contributed by atoms with Crippen LogP contribution in [0.5, 0.6) is 11.5 Å². The molecule has 0 radical (unpaired) electrons. The molecule has 0 atom stereocenters. The monoisotopic (exact) mass is 525 g/mol. The van der Waals surface area contributed by atoms with E-state index in [1.54, 1.807) is 53.4 Å². The van der Waals surface area contributed by atoms with Gasteiger partial charge in [-0.15, -0.1) is 0 Å². The molecular formula is C27H31N3O6S. The average Bonchev–Trinajstić information content (AvgIpc) is 2.92. The third kappa shape index (κ3) is 6.21. The minimum absolute atomic E-state index is 0.0240. The van der Waals surface area contributed by atoms with Crippen LogP contribution in [-0.4, -0.2) is 59.0 Å². The van der Waals surface area contributed by atoms with E-state index in [4.69, 9.17) is 9.47 Å². The Bertz CT molecular complexity index is 1340. The Morgan fingerprint density at radius 2 is 1.46 bits per heavy atom. The summed E-state index contributed by atoms with van der Waals surface area (Å²) in [5, 5.41) is 2.72. The van der Waals surface area contributed by atoms with E-state index in [-0.39, 0.29) is 22.2 Å². The smallest absolute Gasteiger partial charge is 0.264 e. The molecular weight excluding hydrogens is 494 g/mol. The molecule has 0 aliphatic rings. The Kier molecular flexibility index (Phi) is 9.13. The lowest BCUT2D eigenvalue weighted by atomic mass is 10.1. The third-order valence-corrected chi connectivity index (χ3v) is 7.54. The first-order valence-electron chi connectivity index (χ1n) is 11.7. The van der Waals surface area contributed by atoms with E-state index in [1.165, 1.54) is 38.5 Å². The van der Waals surface area contributed by atoms with Crippen molar-refractivity contribution in [3.8, 4) is 11.5 Å². The first kappa shape index (κ1) is 27.5. The van der Waals surface area contributed by atoms with E-state index in [0.29, 0.717) is 30.1 Å². The number of nitrogens with one attached hydrogen (secondary N) is 1. The van der Waals surface area contributed by atoms with Crippen LogP contribution in [0, 0.1) is 0 Å². The van der Waals surface area contributed by atoms with Crippen molar-refractivity contribution in [1.82, 2.24) is 4.90 Å². The first-order valence-corrected chi connectivity index (χ1v) is 13.2. The number of para-hydroxylation sites is 3. The summed E-state index contributed by atoms with van der Waals surface area (Å²) >= 11 is 0. The summed E-state index contributed by atoms with van der Waals surface area (Å²) in [5.41, 5.74) is 0.816. The molecule has 0 saturated heterocycles. The van der Waals surface area contributed by atoms with E-state index < -0.39 is 22.5 Å². The van der Waals surface area contributed by atoms with Gasteiger partial charge in [0.15, 0.2) is 0 Å². The Morgan fingerprint density at radius 1 is 0.838 bits per heavy atom. The summed E-state index contributed by atoms with van der Waals surface area (Å²) in [6, 6.07) is 19.1. The fourth-order valence-electron chi connectivity index (χ4n) is 3.79. The second-order valence-electron chi connectivity index (χ2n) is 7.93. The molecule has 1 N–H and O–H groups in total. The SMILES string of the molecule is CCN(CC)C(=O)c1ccccc1NC(=O)CN(c1ccccc1OC)S(=O)(=O)c1ccc(OC)cc1. The van der Waals surface area contributed by atoms with Crippen molar-refractivity contribution in [2.24, 2.45) is 0 Å². The van der Waals surface area contributed by atoms with Crippen LogP contribution in [0.15, 0.2) is 77.7 Å². The van der Waals surface area contributed by atoms with Crippen LogP contribution >= 0.6 is 0 Å². The van der Waals surface area contributed by atoms with Crippen LogP contribution in [0.1, 0.15) is 24.2 Å². The number of carbonyl (C=O) groups excluding carboxylic acids is 2. The van der Waals surface area contributed by atoms with E-state index >= 15 is 0 Å². The van der Waals surface area contributed by atoms with Crippen LogP contribution < -0.4 is 19.1 Å². The highest BCUT2D eigenvalue weighted by molar-refractivity contribution is 7.92. The first-order chi connectivity index (χ1) is 17.8. The van der Waals surface area contributed by atoms with Crippen LogP contribution in [-0.2, 0) is 14.8 Å². The van der Waals surface area contributed by atoms with Gasteiger partial charge in [-0.05, 0) is 62.4 Å². The number of nitrogens with zero attached hydrogens (tertiary/aromatic N) is 2. The zero-order valence-corrected chi connectivity index (χ0v) is 22.1. The van der Waals surface area contributed by atoms with Crippen molar-refractivity contribution < 1.29 is 27.5 Å². The molecule has 0 unspecified atom stereocenters. The quantitative estimate of drug-likeness (QED) is 0.405. The number of sulfonamides is 1. The largest absolute Gasteiger partial charge is 0.497 e. The summed E-state index contributed by atoms with van der Waals surface area (Å²) in [4.78, 5) is 27.8. The van der Waals surface area contributed by atoms with Crippen molar-refractivity contribution in [1.29, 1.82) is 0 Å². The van der Waals surface area contributed by atoms with Crippen LogP contribution in [0.25, 0.3) is 0 Å². The average molecular weight is 526 g/mol. The van der Waals surface area contributed by atoms with E-state index in [9.17, 15) is 18.0 Å². The lowest BCUT2D eigenvalue weighted by Gasteiger charge is -2.26. The Morgan fingerprint density at radius 3 is 2.08 bits per heavy atom. The molecule has 0 aliphatic heterocycles. The zero-order valence-electron chi connectivity index (χ0n) is 21.3. The highest BCUT2D eigenvalue weighted by Crippen LogP contribution is 2.32. The number of carbonyl (C=O) groups is 2. The number of rotatable bonds is 11. The number of hydrogen-bond donors (Lipinski definition) is 1. The maximum Gasteiger partial charge on any atom is 0.264 e. The lowest BCUT2D eigenvalue weighted by molar-refractivity contribution is -0.114. The lowest BCUT2D eigenvalue weighted by Crippen LogP contribution is -2.38. The maximum atomic E-state index is 13.7. The van der Waals surface area contributed by atoms with Crippen molar-refractivity contribution >= 4 is 33.2 Å². The molecule has 0 fully saturated rings. The number of amides is 2. The molecule has 9 nitrogen and oxygen atoms in total. The van der Waals surface area contributed by atoms with Crippen molar-refractivity contribution in [3.63, 3.8) is 0 Å². The predicted molar refractivity (Wildman–Crippen MR) is 143 cm³/mol. The predicted octanol–water partition coefficient (Wildman–Crippen LogP) is 4.02. The number of benzene rings is 3. The van der Waals surface area contributed by atoms with Crippen molar-refractivity contribution in [3.05, 3.63) is 78.4 Å². The van der Waals surface area contributed by atoms with Gasteiger partial charge in [0.1, 0.15) is 18.0 Å². The van der Waals surface area contributed by atoms with Gasteiger partial charge in [0.05, 0.1) is 36.1 Å². The van der Waals surface area contributed by atoms with Gasteiger partial charge < -0.3 is 19.7 Å². The van der Waals surface area contributed by atoms with Crippen LogP contribution in [0.4, 0.5) is 11.4 Å². The Hall–Kier alpha value is -4.05. The van der Waals surface area contributed by atoms with Crippen molar-refractivity contribution in [2.45, 2.75) is 18.7 Å². The molecule has 10 heteroatoms. The molecule has 3 rings (SSSR count). The standard InChI is InChI=1S/C27H31N3O6S/c1-5-29(6-2)27(32)22-11-7-8-12-23(22)28-26(31)19-30(24-13-9-10-14-25(24)36-4)37(33,34)21-17-15-20(35-3)16-18-21/h7-18H,5-6,19H2,1-4H3,(H,28,31). The Balaban J connectivity index is 1.98. The molecule has 3 aromatic rings. The molecule has 0 aromatic heterocycles. The number of ether oxygens (including phenoxy) is 2. The number of hydrogen-bond acceptors (Lipinski definition) is 6. The van der Waals surface area contributed by atoms with Gasteiger partial charge in [0.25, 0.3) is 15.9 Å². The third-order valence-electron chi connectivity index (χ3n) is 5.77. The second-order valence-corrected chi connectivity index (χ2v) is 9.79. The minimum atomic E-state index is -4.19. The summed E-state index contributed by atoms with van der Waals surface area (Å²) in [7, 11) is -1.28. The fourth-order valence-corrected chi connectivity index (χ4v) is 5.22. The molecule has 0 aliphatic carbocycles. The van der Waals surface area contributed by atoms with E-state index in [0.717, 1.165) is 4.31 Å². The molecule has 2 amide bonds. The normalized spacial score (nSPS) is 10.9. The number of methoxy groups -OCH3 is 2. The fraction of sp³-hybridized carbons (Fsp3) is 0.259. The molecule has 196 valence electrons. The highest BCUT2D eigenvalue weighted by atomic mass is 32.2. The highest BCUT2D eigenvalue weighted by Gasteiger charge is 2.30. The zero-order chi connectivity index (χ0) is 27.0. The molecule has 0 heterocycles. The summed E-state index contributed by atoms with van der Waals surface area (Å²) in [6.45, 7) is 4.22. The summed E-state index contributed by atoms with van der Waals surface area (Å²) in [6.07, 6.45) is 0. The second kappa shape index (κ2) is 12.3. The van der Waals surface area contributed by atoms with Gasteiger partial charge in [0, 0.05) is 13.1 Å². The topological polar surface area (TPSA) is 105 Å². The van der Waals surface area contributed by atoms with Gasteiger partial charge >= 0.3 is 0 Å². The summed E-state index contributed by atoms with van der Waals surface area (Å²) < 4.78 is 38.9. The molecule has 3 aromatic carbocycles.